The molecule has 2 aromatic rings. The summed E-state index contributed by atoms with van der Waals surface area (Å²) in [6.07, 6.45) is 0.737. The zero-order valence-corrected chi connectivity index (χ0v) is 11.6. The number of hydrogen-bond donors (Lipinski definition) is 2. The van der Waals surface area contributed by atoms with Gasteiger partial charge in [-0.3, -0.25) is 4.79 Å². The molecule has 0 aromatic heterocycles. The molecule has 1 amide bonds. The third kappa shape index (κ3) is 3.17. The van der Waals surface area contributed by atoms with E-state index in [1.165, 1.54) is 18.3 Å². The van der Waals surface area contributed by atoms with Crippen LogP contribution in [0.5, 0.6) is 17.2 Å². The van der Waals surface area contributed by atoms with Crippen LogP contribution < -0.4 is 14.9 Å². The van der Waals surface area contributed by atoms with Gasteiger partial charge in [0, 0.05) is 0 Å². The van der Waals surface area contributed by atoms with E-state index in [0.29, 0.717) is 11.5 Å². The second kappa shape index (κ2) is 6.17. The topological polar surface area (TPSA) is 80.2 Å². The molecule has 0 saturated carbocycles. The summed E-state index contributed by atoms with van der Waals surface area (Å²) in [7, 11) is 0. The summed E-state index contributed by atoms with van der Waals surface area (Å²) >= 11 is 0. The van der Waals surface area contributed by atoms with E-state index in [9.17, 15) is 9.90 Å². The Labute approximate surface area is 127 Å². The highest BCUT2D eigenvalue weighted by Crippen LogP contribution is 2.30. The lowest BCUT2D eigenvalue weighted by Crippen LogP contribution is -2.42. The molecule has 3 rings (SSSR count). The molecular formula is C16H14N2O4. The van der Waals surface area contributed by atoms with Crippen molar-refractivity contribution in [1.82, 2.24) is 5.43 Å². The van der Waals surface area contributed by atoms with Crippen LogP contribution in [-0.2, 0) is 4.79 Å². The Bertz CT molecular complexity index is 698. The molecule has 0 radical (unpaired) electrons. The van der Waals surface area contributed by atoms with Gasteiger partial charge < -0.3 is 14.6 Å². The van der Waals surface area contributed by atoms with Crippen LogP contribution >= 0.6 is 0 Å². The summed E-state index contributed by atoms with van der Waals surface area (Å²) in [6, 6.07) is 13.6. The predicted octanol–water partition coefficient (Wildman–Crippen LogP) is 1.68. The van der Waals surface area contributed by atoms with Crippen LogP contribution in [0.3, 0.4) is 0 Å². The van der Waals surface area contributed by atoms with E-state index in [2.05, 4.69) is 10.5 Å². The Morgan fingerprint density at radius 2 is 1.91 bits per heavy atom. The zero-order chi connectivity index (χ0) is 15.4. The van der Waals surface area contributed by atoms with Crippen LogP contribution in [0, 0.1) is 0 Å². The fourth-order valence-corrected chi connectivity index (χ4v) is 1.95. The molecular weight excluding hydrogens is 284 g/mol. The number of phenols is 1. The van der Waals surface area contributed by atoms with Crippen molar-refractivity contribution in [3.8, 4) is 17.2 Å². The van der Waals surface area contributed by atoms with E-state index in [1.807, 2.05) is 12.1 Å². The Balaban J connectivity index is 1.58. The van der Waals surface area contributed by atoms with Crippen molar-refractivity contribution in [2.45, 2.75) is 6.10 Å². The molecule has 0 aliphatic carbocycles. The van der Waals surface area contributed by atoms with Gasteiger partial charge in [0.05, 0.1) is 6.21 Å². The van der Waals surface area contributed by atoms with Gasteiger partial charge in [0.15, 0.2) is 11.5 Å². The maximum Gasteiger partial charge on any atom is 0.284 e. The Hall–Kier alpha value is -3.02. The number of benzene rings is 2. The van der Waals surface area contributed by atoms with Crippen LogP contribution in [0.1, 0.15) is 5.56 Å². The smallest absolute Gasteiger partial charge is 0.284 e. The number of nitrogens with one attached hydrogen (secondary N) is 1. The number of carbonyl (C=O) groups is 1. The van der Waals surface area contributed by atoms with E-state index >= 15 is 0 Å². The number of para-hydroxylation sites is 2. The number of hydrazone groups is 1. The molecule has 0 bridgehead atoms. The van der Waals surface area contributed by atoms with E-state index in [0.717, 1.165) is 5.56 Å². The number of ether oxygens (including phenoxy) is 2. The minimum absolute atomic E-state index is 0.136. The summed E-state index contributed by atoms with van der Waals surface area (Å²) in [5.74, 6) is 0.952. The van der Waals surface area contributed by atoms with Gasteiger partial charge in [-0.05, 0) is 42.0 Å². The summed E-state index contributed by atoms with van der Waals surface area (Å²) in [5, 5.41) is 13.0. The first-order chi connectivity index (χ1) is 10.7. The summed E-state index contributed by atoms with van der Waals surface area (Å²) < 4.78 is 11.0. The molecule has 22 heavy (non-hydrogen) atoms. The minimum atomic E-state index is -0.744. The quantitative estimate of drug-likeness (QED) is 0.667. The maximum atomic E-state index is 12.0. The van der Waals surface area contributed by atoms with E-state index in [1.54, 1.807) is 24.3 Å². The molecule has 1 heterocycles. The average molecular weight is 298 g/mol. The maximum absolute atomic E-state index is 12.0. The highest BCUT2D eigenvalue weighted by atomic mass is 16.6. The van der Waals surface area contributed by atoms with Gasteiger partial charge in [-0.1, -0.05) is 12.1 Å². The normalized spacial score (nSPS) is 16.5. The van der Waals surface area contributed by atoms with Gasteiger partial charge in [0.2, 0.25) is 6.10 Å². The molecule has 2 aromatic carbocycles. The van der Waals surface area contributed by atoms with Gasteiger partial charge in [-0.2, -0.15) is 5.10 Å². The molecule has 112 valence electrons. The monoisotopic (exact) mass is 298 g/mol. The van der Waals surface area contributed by atoms with Crippen LogP contribution in [0.15, 0.2) is 53.6 Å². The second-order valence-electron chi connectivity index (χ2n) is 4.69. The van der Waals surface area contributed by atoms with E-state index in [-0.39, 0.29) is 18.3 Å². The Kier molecular flexibility index (Phi) is 3.91. The summed E-state index contributed by atoms with van der Waals surface area (Å²) in [6.45, 7) is 0.136. The van der Waals surface area contributed by atoms with E-state index < -0.39 is 6.10 Å². The molecule has 6 heteroatoms. The zero-order valence-electron chi connectivity index (χ0n) is 11.6. The van der Waals surface area contributed by atoms with Crippen molar-refractivity contribution in [3.63, 3.8) is 0 Å². The molecule has 0 saturated heterocycles. The van der Waals surface area contributed by atoms with Crippen molar-refractivity contribution in [1.29, 1.82) is 0 Å². The van der Waals surface area contributed by atoms with Crippen LogP contribution in [-0.4, -0.2) is 29.9 Å². The van der Waals surface area contributed by atoms with Gasteiger partial charge in [0.25, 0.3) is 5.91 Å². The van der Waals surface area contributed by atoms with Gasteiger partial charge >= 0.3 is 0 Å². The number of rotatable bonds is 3. The lowest BCUT2D eigenvalue weighted by atomic mass is 10.2. The average Bonchev–Trinajstić information content (AvgIpc) is 2.56. The summed E-state index contributed by atoms with van der Waals surface area (Å²) in [4.78, 5) is 12.0. The number of fused-ring (bicyclic) bond motifs is 1. The largest absolute Gasteiger partial charge is 0.508 e. The predicted molar refractivity (Wildman–Crippen MR) is 80.2 cm³/mol. The van der Waals surface area contributed by atoms with Gasteiger partial charge in [-0.25, -0.2) is 5.43 Å². The first kappa shape index (κ1) is 13.9. The van der Waals surface area contributed by atoms with E-state index in [4.69, 9.17) is 9.47 Å². The number of amides is 1. The second-order valence-corrected chi connectivity index (χ2v) is 4.69. The molecule has 1 atom stereocenters. The van der Waals surface area contributed by atoms with Crippen LogP contribution in [0.25, 0.3) is 0 Å². The first-order valence-corrected chi connectivity index (χ1v) is 6.73. The number of nitrogens with zero attached hydrogens (tertiary/aromatic N) is 1. The highest BCUT2D eigenvalue weighted by Gasteiger charge is 2.26. The lowest BCUT2D eigenvalue weighted by molar-refractivity contribution is -0.130. The third-order valence-electron chi connectivity index (χ3n) is 3.08. The first-order valence-electron chi connectivity index (χ1n) is 6.73. The Morgan fingerprint density at radius 3 is 2.68 bits per heavy atom. The van der Waals surface area contributed by atoms with Crippen molar-refractivity contribution in [3.05, 3.63) is 54.1 Å². The molecule has 0 fully saturated rings. The van der Waals surface area contributed by atoms with Crippen molar-refractivity contribution >= 4 is 12.1 Å². The molecule has 2 N–H and O–H groups in total. The third-order valence-corrected chi connectivity index (χ3v) is 3.08. The van der Waals surface area contributed by atoms with Crippen molar-refractivity contribution in [2.75, 3.05) is 6.61 Å². The summed E-state index contributed by atoms with van der Waals surface area (Å²) in [5.41, 5.74) is 3.16. The minimum Gasteiger partial charge on any atom is -0.508 e. The number of carbonyl (C=O) groups excluding carboxylic acids is 1. The Morgan fingerprint density at radius 1 is 1.18 bits per heavy atom. The number of hydrogen-bond acceptors (Lipinski definition) is 5. The van der Waals surface area contributed by atoms with Crippen molar-refractivity contribution < 1.29 is 19.4 Å². The van der Waals surface area contributed by atoms with Gasteiger partial charge in [0.1, 0.15) is 12.4 Å². The number of phenolic OH excluding ortho intramolecular Hbond substituents is 1. The van der Waals surface area contributed by atoms with Crippen LogP contribution in [0.4, 0.5) is 0 Å². The standard InChI is InChI=1S/C16H14N2O4/c19-12-7-5-11(6-8-12)9-17-18-16(20)15-10-21-13-3-1-2-4-14(13)22-15/h1-9,15,19H,10H2,(H,18,20)/b17-9-. The lowest BCUT2D eigenvalue weighted by Gasteiger charge is -2.24. The molecule has 0 spiro atoms. The SMILES string of the molecule is O=C(N/N=C\c1ccc(O)cc1)C1COc2ccccc2O1. The van der Waals surface area contributed by atoms with Gasteiger partial charge in [-0.15, -0.1) is 0 Å². The van der Waals surface area contributed by atoms with Crippen molar-refractivity contribution in [2.24, 2.45) is 5.10 Å². The molecule has 1 aliphatic heterocycles. The molecule has 1 aliphatic rings. The number of aromatic hydroxyl groups is 1. The highest BCUT2D eigenvalue weighted by molar-refractivity contribution is 5.85. The molecule has 6 nitrogen and oxygen atoms in total. The fraction of sp³-hybridized carbons (Fsp3) is 0.125. The van der Waals surface area contributed by atoms with Crippen LogP contribution in [0.2, 0.25) is 0 Å². The molecule has 1 unspecified atom stereocenters. The fourth-order valence-electron chi connectivity index (χ4n) is 1.95.